The van der Waals surface area contributed by atoms with E-state index in [-0.39, 0.29) is 0 Å². The van der Waals surface area contributed by atoms with E-state index in [1.807, 2.05) is 49.6 Å². The number of carboxylic acid groups (broad SMARTS) is 1. The van der Waals surface area contributed by atoms with Gasteiger partial charge < -0.3 is 5.11 Å². The maximum absolute atomic E-state index is 11.5. The van der Waals surface area contributed by atoms with Crippen molar-refractivity contribution < 1.29 is 9.90 Å². The van der Waals surface area contributed by atoms with Crippen LogP contribution in [0.4, 0.5) is 0 Å². The van der Waals surface area contributed by atoms with Crippen LogP contribution in [0.2, 0.25) is 0 Å². The summed E-state index contributed by atoms with van der Waals surface area (Å²) in [4.78, 5) is 12.6. The van der Waals surface area contributed by atoms with Crippen LogP contribution in [-0.2, 0) is 11.3 Å². The molecule has 2 rings (SSSR count). The van der Waals surface area contributed by atoms with Gasteiger partial charge in [0, 0.05) is 11.4 Å². The largest absolute Gasteiger partial charge is 0.480 e. The minimum absolute atomic E-state index is 0.571. The molecule has 100 valence electrons. The summed E-state index contributed by atoms with van der Waals surface area (Å²) in [5.74, 6) is -0.842. The molecule has 4 heteroatoms. The summed E-state index contributed by atoms with van der Waals surface area (Å²) in [7, 11) is 0. The number of thiophene rings is 1. The average Bonchev–Trinajstić information content (AvgIpc) is 2.87. The molecule has 2 aromatic rings. The number of hydrogen-bond donors (Lipinski definition) is 2. The second-order valence-electron chi connectivity index (χ2n) is 4.52. The zero-order valence-electron chi connectivity index (χ0n) is 11.0. The third-order valence-electron chi connectivity index (χ3n) is 3.27. The summed E-state index contributed by atoms with van der Waals surface area (Å²) in [6, 6.07) is 9.08. The Balaban J connectivity index is 2.20. The Morgan fingerprint density at radius 2 is 2.11 bits per heavy atom. The molecule has 0 radical (unpaired) electrons. The normalized spacial score (nSPS) is 12.3. The van der Waals surface area contributed by atoms with Crippen LogP contribution >= 0.6 is 11.3 Å². The van der Waals surface area contributed by atoms with E-state index in [2.05, 4.69) is 5.32 Å². The highest BCUT2D eigenvalue weighted by molar-refractivity contribution is 7.09. The van der Waals surface area contributed by atoms with Gasteiger partial charge in [-0.15, -0.1) is 11.3 Å². The molecule has 0 aliphatic rings. The monoisotopic (exact) mass is 275 g/mol. The maximum atomic E-state index is 11.5. The van der Waals surface area contributed by atoms with Gasteiger partial charge >= 0.3 is 5.97 Å². The molecule has 2 N–H and O–H groups in total. The lowest BCUT2D eigenvalue weighted by molar-refractivity contribution is -0.139. The van der Waals surface area contributed by atoms with Crippen molar-refractivity contribution >= 4 is 17.3 Å². The zero-order chi connectivity index (χ0) is 13.8. The Hall–Kier alpha value is -1.65. The number of aryl methyl sites for hydroxylation is 1. The second kappa shape index (κ2) is 5.99. The van der Waals surface area contributed by atoms with Crippen molar-refractivity contribution in [3.63, 3.8) is 0 Å². The van der Waals surface area contributed by atoms with E-state index in [1.54, 1.807) is 11.3 Å². The molecule has 0 aliphatic heterocycles. The van der Waals surface area contributed by atoms with Crippen LogP contribution in [0.3, 0.4) is 0 Å². The minimum Gasteiger partial charge on any atom is -0.480 e. The third-order valence-corrected chi connectivity index (χ3v) is 4.14. The molecule has 1 aromatic carbocycles. The molecule has 1 unspecified atom stereocenters. The molecule has 1 atom stereocenters. The van der Waals surface area contributed by atoms with Gasteiger partial charge in [0.2, 0.25) is 0 Å². The lowest BCUT2D eigenvalue weighted by Gasteiger charge is -2.17. The fourth-order valence-corrected chi connectivity index (χ4v) is 2.69. The number of carboxylic acids is 1. The predicted molar refractivity (Wildman–Crippen MR) is 77.5 cm³/mol. The van der Waals surface area contributed by atoms with Crippen molar-refractivity contribution in [2.24, 2.45) is 0 Å². The van der Waals surface area contributed by atoms with Gasteiger partial charge in [-0.3, -0.25) is 10.1 Å². The van der Waals surface area contributed by atoms with Crippen molar-refractivity contribution in [2.75, 3.05) is 0 Å². The fraction of sp³-hybridized carbons (Fsp3) is 0.267. The molecule has 1 aromatic heterocycles. The predicted octanol–water partition coefficient (Wildman–Crippen LogP) is 3.28. The summed E-state index contributed by atoms with van der Waals surface area (Å²) in [5, 5.41) is 14.5. The van der Waals surface area contributed by atoms with Crippen LogP contribution in [0.5, 0.6) is 0 Å². The van der Waals surface area contributed by atoms with Crippen LogP contribution < -0.4 is 5.32 Å². The lowest BCUT2D eigenvalue weighted by atomic mass is 9.97. The standard InChI is InChI=1S/C15H17NO2S/c1-10-5-3-7-13(11(10)2)14(15(17)18)16-9-12-6-4-8-19-12/h3-8,14,16H,9H2,1-2H3,(H,17,18). The van der Waals surface area contributed by atoms with Crippen LogP contribution in [0.25, 0.3) is 0 Å². The van der Waals surface area contributed by atoms with Crippen molar-refractivity contribution in [1.29, 1.82) is 0 Å². The van der Waals surface area contributed by atoms with Crippen molar-refractivity contribution in [2.45, 2.75) is 26.4 Å². The summed E-state index contributed by atoms with van der Waals surface area (Å²) >= 11 is 1.62. The molecule has 0 bridgehead atoms. The van der Waals surface area contributed by atoms with Crippen molar-refractivity contribution in [1.82, 2.24) is 5.32 Å². The highest BCUT2D eigenvalue weighted by Gasteiger charge is 2.21. The first-order valence-electron chi connectivity index (χ1n) is 6.14. The number of benzene rings is 1. The first kappa shape index (κ1) is 13.8. The Bertz CT molecular complexity index is 564. The molecule has 3 nitrogen and oxygen atoms in total. The van der Waals surface area contributed by atoms with Crippen molar-refractivity contribution in [3.05, 3.63) is 57.3 Å². The van der Waals surface area contributed by atoms with E-state index in [0.717, 1.165) is 21.6 Å². The van der Waals surface area contributed by atoms with Crippen LogP contribution in [0.15, 0.2) is 35.7 Å². The Morgan fingerprint density at radius 1 is 1.32 bits per heavy atom. The third kappa shape index (κ3) is 3.22. The number of aliphatic carboxylic acids is 1. The highest BCUT2D eigenvalue weighted by atomic mass is 32.1. The van der Waals surface area contributed by atoms with E-state index in [9.17, 15) is 9.90 Å². The molecule has 0 saturated heterocycles. The molecule has 0 spiro atoms. The topological polar surface area (TPSA) is 49.3 Å². The molecular formula is C15H17NO2S. The SMILES string of the molecule is Cc1cccc(C(NCc2cccs2)C(=O)O)c1C. The summed E-state index contributed by atoms with van der Waals surface area (Å²) in [5.41, 5.74) is 2.99. The number of carbonyl (C=O) groups is 1. The Labute approximate surface area is 116 Å². The van der Waals surface area contributed by atoms with E-state index >= 15 is 0 Å². The van der Waals surface area contributed by atoms with Crippen LogP contribution in [-0.4, -0.2) is 11.1 Å². The second-order valence-corrected chi connectivity index (χ2v) is 5.55. The van der Waals surface area contributed by atoms with Gasteiger partial charge in [0.25, 0.3) is 0 Å². The van der Waals surface area contributed by atoms with Gasteiger partial charge in [-0.2, -0.15) is 0 Å². The summed E-state index contributed by atoms with van der Waals surface area (Å²) < 4.78 is 0. The zero-order valence-corrected chi connectivity index (χ0v) is 11.8. The molecule has 0 saturated carbocycles. The molecule has 0 aliphatic carbocycles. The minimum atomic E-state index is -0.842. The van der Waals surface area contributed by atoms with Crippen LogP contribution in [0, 0.1) is 13.8 Å². The van der Waals surface area contributed by atoms with E-state index in [1.165, 1.54) is 0 Å². The number of rotatable bonds is 5. The van der Waals surface area contributed by atoms with Gasteiger partial charge in [-0.05, 0) is 42.0 Å². The number of nitrogens with one attached hydrogen (secondary N) is 1. The van der Waals surface area contributed by atoms with Gasteiger partial charge in [-0.25, -0.2) is 0 Å². The van der Waals surface area contributed by atoms with Crippen molar-refractivity contribution in [3.8, 4) is 0 Å². The highest BCUT2D eigenvalue weighted by Crippen LogP contribution is 2.21. The van der Waals surface area contributed by atoms with E-state index in [0.29, 0.717) is 6.54 Å². The smallest absolute Gasteiger partial charge is 0.325 e. The quantitative estimate of drug-likeness (QED) is 0.880. The summed E-state index contributed by atoms with van der Waals surface area (Å²) in [6.45, 7) is 4.53. The maximum Gasteiger partial charge on any atom is 0.325 e. The molecule has 0 fully saturated rings. The fourth-order valence-electron chi connectivity index (χ4n) is 2.03. The first-order chi connectivity index (χ1) is 9.09. The number of hydrogen-bond acceptors (Lipinski definition) is 3. The van der Waals surface area contributed by atoms with Gasteiger partial charge in [0.05, 0.1) is 0 Å². The van der Waals surface area contributed by atoms with Crippen LogP contribution in [0.1, 0.15) is 27.6 Å². The Kier molecular flexibility index (Phi) is 4.35. The van der Waals surface area contributed by atoms with Gasteiger partial charge in [0.15, 0.2) is 0 Å². The average molecular weight is 275 g/mol. The molecule has 0 amide bonds. The lowest BCUT2D eigenvalue weighted by Crippen LogP contribution is -2.28. The van der Waals surface area contributed by atoms with E-state index in [4.69, 9.17) is 0 Å². The molecule has 1 heterocycles. The first-order valence-corrected chi connectivity index (χ1v) is 7.02. The van der Waals surface area contributed by atoms with Gasteiger partial charge in [-0.1, -0.05) is 24.3 Å². The van der Waals surface area contributed by atoms with Gasteiger partial charge in [0.1, 0.15) is 6.04 Å². The molecular weight excluding hydrogens is 258 g/mol. The Morgan fingerprint density at radius 3 is 2.74 bits per heavy atom. The van der Waals surface area contributed by atoms with E-state index < -0.39 is 12.0 Å². The molecule has 19 heavy (non-hydrogen) atoms. The summed E-state index contributed by atoms with van der Waals surface area (Å²) in [6.07, 6.45) is 0.